The first-order chi connectivity index (χ1) is 8.08. The lowest BCUT2D eigenvalue weighted by atomic mass is 9.99. The van der Waals surface area contributed by atoms with E-state index in [1.807, 2.05) is 11.8 Å². The van der Waals surface area contributed by atoms with E-state index in [0.717, 1.165) is 31.6 Å². The monoisotopic (exact) mass is 252 g/mol. The number of piperidine rings is 1. The molecule has 0 radical (unpaired) electrons. The van der Waals surface area contributed by atoms with Gasteiger partial charge in [0.05, 0.1) is 10.6 Å². The van der Waals surface area contributed by atoms with Crippen molar-refractivity contribution in [2.75, 3.05) is 13.1 Å². The van der Waals surface area contributed by atoms with Crippen LogP contribution in [-0.2, 0) is 0 Å². The molecule has 1 fully saturated rings. The van der Waals surface area contributed by atoms with Gasteiger partial charge in [-0.1, -0.05) is 18.5 Å². The molecule has 1 aromatic rings. The summed E-state index contributed by atoms with van der Waals surface area (Å²) in [7, 11) is 0. The summed E-state index contributed by atoms with van der Waals surface area (Å²) in [5, 5.41) is 0.501. The number of amides is 1. The smallest absolute Gasteiger partial charge is 0.256 e. The molecule has 1 aromatic heterocycles. The quantitative estimate of drug-likeness (QED) is 0.770. The first-order valence-electron chi connectivity index (χ1n) is 5.99. The highest BCUT2D eigenvalue weighted by Gasteiger charge is 2.23. The molecular weight excluding hydrogens is 236 g/mol. The summed E-state index contributed by atoms with van der Waals surface area (Å²) in [5.74, 6) is 0.722. The van der Waals surface area contributed by atoms with Gasteiger partial charge in [0.2, 0.25) is 0 Å². The van der Waals surface area contributed by atoms with Gasteiger partial charge in [-0.3, -0.25) is 9.78 Å². The highest BCUT2D eigenvalue weighted by atomic mass is 35.5. The average molecular weight is 253 g/mol. The second-order valence-electron chi connectivity index (χ2n) is 4.78. The number of hydrogen-bond acceptors (Lipinski definition) is 2. The van der Waals surface area contributed by atoms with Gasteiger partial charge in [-0.05, 0) is 31.7 Å². The van der Waals surface area contributed by atoms with Crippen LogP contribution in [0, 0.1) is 12.8 Å². The lowest BCUT2D eigenvalue weighted by molar-refractivity contribution is 0.0697. The predicted octanol–water partition coefficient (Wildman–Crippen LogP) is 2.92. The number of carbonyl (C=O) groups excluding carboxylic acids is 1. The van der Waals surface area contributed by atoms with E-state index in [2.05, 4.69) is 11.9 Å². The zero-order valence-electron chi connectivity index (χ0n) is 10.2. The van der Waals surface area contributed by atoms with Crippen LogP contribution in [0.3, 0.4) is 0 Å². The van der Waals surface area contributed by atoms with Crippen LogP contribution in [0.4, 0.5) is 0 Å². The molecule has 0 aromatic carbocycles. The van der Waals surface area contributed by atoms with E-state index in [1.165, 1.54) is 0 Å². The summed E-state index contributed by atoms with van der Waals surface area (Å²) in [5.41, 5.74) is 1.35. The van der Waals surface area contributed by atoms with Crippen molar-refractivity contribution >= 4 is 17.5 Å². The van der Waals surface area contributed by atoms with Gasteiger partial charge in [0.25, 0.3) is 5.91 Å². The van der Waals surface area contributed by atoms with Crippen molar-refractivity contribution in [1.82, 2.24) is 9.88 Å². The Labute approximate surface area is 107 Å². The minimum atomic E-state index is 0.00870. The zero-order valence-corrected chi connectivity index (χ0v) is 11.0. The predicted molar refractivity (Wildman–Crippen MR) is 68.3 cm³/mol. The summed E-state index contributed by atoms with van der Waals surface area (Å²) in [4.78, 5) is 18.3. The largest absolute Gasteiger partial charge is 0.339 e. The standard InChI is InChI=1S/C13H17ClN2O/c1-9-3-5-16(6-4-9)13(17)11-8-15-10(2)7-12(11)14/h7-9H,3-6H2,1-2H3. The molecule has 4 heteroatoms. The third-order valence-corrected chi connectivity index (χ3v) is 3.60. The van der Waals surface area contributed by atoms with Crippen LogP contribution in [0.1, 0.15) is 35.8 Å². The molecule has 1 amide bonds. The Balaban J connectivity index is 2.14. The number of halogens is 1. The van der Waals surface area contributed by atoms with E-state index in [4.69, 9.17) is 11.6 Å². The second kappa shape index (κ2) is 5.05. The van der Waals surface area contributed by atoms with Gasteiger partial charge in [0.1, 0.15) is 0 Å². The summed E-state index contributed by atoms with van der Waals surface area (Å²) in [6, 6.07) is 1.74. The maximum absolute atomic E-state index is 12.2. The van der Waals surface area contributed by atoms with Gasteiger partial charge in [-0.25, -0.2) is 0 Å². The molecule has 1 saturated heterocycles. The van der Waals surface area contributed by atoms with Crippen LogP contribution in [0.25, 0.3) is 0 Å². The van der Waals surface area contributed by atoms with E-state index in [1.54, 1.807) is 12.3 Å². The van der Waals surface area contributed by atoms with E-state index in [9.17, 15) is 4.79 Å². The summed E-state index contributed by atoms with van der Waals surface area (Å²) in [6.07, 6.45) is 3.73. The number of likely N-dealkylation sites (tertiary alicyclic amines) is 1. The summed E-state index contributed by atoms with van der Waals surface area (Å²) >= 11 is 6.08. The van der Waals surface area contributed by atoms with Crippen LogP contribution >= 0.6 is 11.6 Å². The van der Waals surface area contributed by atoms with Crippen molar-refractivity contribution in [2.24, 2.45) is 5.92 Å². The normalized spacial score (nSPS) is 17.2. The van der Waals surface area contributed by atoms with Crippen LogP contribution in [0.2, 0.25) is 5.02 Å². The Bertz CT molecular complexity index is 425. The minimum Gasteiger partial charge on any atom is -0.339 e. The maximum Gasteiger partial charge on any atom is 0.256 e. The lowest BCUT2D eigenvalue weighted by Crippen LogP contribution is -2.38. The number of carbonyl (C=O) groups is 1. The lowest BCUT2D eigenvalue weighted by Gasteiger charge is -2.30. The van der Waals surface area contributed by atoms with Gasteiger partial charge in [0.15, 0.2) is 0 Å². The number of hydrogen-bond donors (Lipinski definition) is 0. The third kappa shape index (κ3) is 2.78. The van der Waals surface area contributed by atoms with Gasteiger partial charge in [0, 0.05) is 25.0 Å². The fourth-order valence-corrected chi connectivity index (χ4v) is 2.35. The Kier molecular flexibility index (Phi) is 3.67. The van der Waals surface area contributed by atoms with E-state index >= 15 is 0 Å². The van der Waals surface area contributed by atoms with Crippen LogP contribution in [-0.4, -0.2) is 28.9 Å². The molecule has 0 atom stereocenters. The maximum atomic E-state index is 12.2. The van der Waals surface area contributed by atoms with Crippen molar-refractivity contribution in [2.45, 2.75) is 26.7 Å². The number of rotatable bonds is 1. The molecule has 0 saturated carbocycles. The van der Waals surface area contributed by atoms with Crippen molar-refractivity contribution in [3.05, 3.63) is 28.5 Å². The number of pyridine rings is 1. The highest BCUT2D eigenvalue weighted by Crippen LogP contribution is 2.21. The molecule has 2 heterocycles. The summed E-state index contributed by atoms with van der Waals surface area (Å²) in [6.45, 7) is 5.74. The Morgan fingerprint density at radius 3 is 2.71 bits per heavy atom. The summed E-state index contributed by atoms with van der Waals surface area (Å²) < 4.78 is 0. The molecule has 0 aliphatic carbocycles. The molecule has 2 rings (SSSR count). The molecule has 1 aliphatic rings. The minimum absolute atomic E-state index is 0.00870. The number of aromatic nitrogens is 1. The topological polar surface area (TPSA) is 33.2 Å². The van der Waals surface area contributed by atoms with Crippen molar-refractivity contribution in [3.8, 4) is 0 Å². The van der Waals surface area contributed by atoms with Gasteiger partial charge >= 0.3 is 0 Å². The molecule has 92 valence electrons. The SMILES string of the molecule is Cc1cc(Cl)c(C(=O)N2CCC(C)CC2)cn1. The van der Waals surface area contributed by atoms with Gasteiger partial charge in [-0.2, -0.15) is 0 Å². The van der Waals surface area contributed by atoms with Gasteiger partial charge in [-0.15, -0.1) is 0 Å². The van der Waals surface area contributed by atoms with Crippen molar-refractivity contribution in [1.29, 1.82) is 0 Å². The average Bonchev–Trinajstić information content (AvgIpc) is 2.29. The Hall–Kier alpha value is -1.09. The Morgan fingerprint density at radius 2 is 2.12 bits per heavy atom. The van der Waals surface area contributed by atoms with Crippen LogP contribution < -0.4 is 0 Å². The van der Waals surface area contributed by atoms with E-state index in [0.29, 0.717) is 16.5 Å². The number of aryl methyl sites for hydroxylation is 1. The van der Waals surface area contributed by atoms with Crippen molar-refractivity contribution in [3.63, 3.8) is 0 Å². The molecule has 1 aliphatic heterocycles. The third-order valence-electron chi connectivity index (χ3n) is 3.29. The fourth-order valence-electron chi connectivity index (χ4n) is 2.07. The molecular formula is C13H17ClN2O. The van der Waals surface area contributed by atoms with Crippen LogP contribution in [0.15, 0.2) is 12.3 Å². The second-order valence-corrected chi connectivity index (χ2v) is 5.19. The van der Waals surface area contributed by atoms with Crippen LogP contribution in [0.5, 0.6) is 0 Å². The van der Waals surface area contributed by atoms with E-state index < -0.39 is 0 Å². The molecule has 0 N–H and O–H groups in total. The zero-order chi connectivity index (χ0) is 12.4. The molecule has 17 heavy (non-hydrogen) atoms. The molecule has 0 unspecified atom stereocenters. The van der Waals surface area contributed by atoms with Gasteiger partial charge < -0.3 is 4.90 Å². The molecule has 0 spiro atoms. The number of nitrogens with zero attached hydrogens (tertiary/aromatic N) is 2. The first-order valence-corrected chi connectivity index (χ1v) is 6.37. The molecule has 3 nitrogen and oxygen atoms in total. The molecule has 0 bridgehead atoms. The van der Waals surface area contributed by atoms with E-state index in [-0.39, 0.29) is 5.91 Å². The Morgan fingerprint density at radius 1 is 1.47 bits per heavy atom. The first kappa shape index (κ1) is 12.4. The highest BCUT2D eigenvalue weighted by molar-refractivity contribution is 6.33. The van der Waals surface area contributed by atoms with Crippen molar-refractivity contribution < 1.29 is 4.79 Å². The fraction of sp³-hybridized carbons (Fsp3) is 0.538.